The second-order valence-electron chi connectivity index (χ2n) is 6.50. The lowest BCUT2D eigenvalue weighted by molar-refractivity contribution is -0.192. The van der Waals surface area contributed by atoms with E-state index in [-0.39, 0.29) is 12.5 Å². The number of hydrogen-bond acceptors (Lipinski definition) is 6. The summed E-state index contributed by atoms with van der Waals surface area (Å²) >= 11 is 0. The highest BCUT2D eigenvalue weighted by Gasteiger charge is 2.38. The summed E-state index contributed by atoms with van der Waals surface area (Å²) in [5.74, 6) is -3.67. The van der Waals surface area contributed by atoms with E-state index >= 15 is 0 Å². The number of hydrogen-bond donors (Lipinski definition) is 4. The monoisotopic (exact) mass is 469 g/mol. The van der Waals surface area contributed by atoms with Crippen LogP contribution in [0.25, 0.3) is 0 Å². The largest absolute Gasteiger partial charge is 0.490 e. The molecule has 2 amide bonds. The first-order valence-electron chi connectivity index (χ1n) is 9.34. The number of alkyl halides is 3. The van der Waals surface area contributed by atoms with E-state index in [1.165, 1.54) is 6.92 Å². The predicted molar refractivity (Wildman–Crippen MR) is 111 cm³/mol. The number of benzene rings is 2. The highest BCUT2D eigenvalue weighted by atomic mass is 19.4. The van der Waals surface area contributed by atoms with Crippen LogP contribution < -0.4 is 21.1 Å². The number of esters is 1. The lowest BCUT2D eigenvalue weighted by Gasteiger charge is -2.12. The van der Waals surface area contributed by atoms with Crippen molar-refractivity contribution >= 4 is 29.4 Å². The second kappa shape index (κ2) is 12.8. The Balaban J connectivity index is 0.000000675. The van der Waals surface area contributed by atoms with Gasteiger partial charge in [-0.2, -0.15) is 13.2 Å². The molecule has 9 nitrogen and oxygen atoms in total. The first-order valence-corrected chi connectivity index (χ1v) is 9.34. The van der Waals surface area contributed by atoms with Gasteiger partial charge in [0.15, 0.2) is 0 Å². The Labute approximate surface area is 186 Å². The SMILES string of the molecule is CC(=O)Nc1ccc(OC(=O)CNC(=O)[C@@H](N)Cc2ccccc2)cc1.O=C(O)C(F)(F)F. The van der Waals surface area contributed by atoms with Crippen LogP contribution in [0.15, 0.2) is 54.6 Å². The molecule has 0 heterocycles. The molecule has 2 rings (SSSR count). The summed E-state index contributed by atoms with van der Waals surface area (Å²) < 4.78 is 36.9. The Morgan fingerprint density at radius 3 is 2.06 bits per heavy atom. The number of carboxylic acid groups (broad SMARTS) is 1. The zero-order valence-electron chi connectivity index (χ0n) is 17.4. The van der Waals surface area contributed by atoms with Gasteiger partial charge in [0, 0.05) is 12.6 Å². The molecule has 2 aromatic rings. The number of nitrogens with one attached hydrogen (secondary N) is 2. The molecular weight excluding hydrogens is 447 g/mol. The van der Waals surface area contributed by atoms with Crippen molar-refractivity contribution in [2.24, 2.45) is 5.73 Å². The maximum atomic E-state index is 12.0. The van der Waals surface area contributed by atoms with Crippen LogP contribution in [0.2, 0.25) is 0 Å². The minimum absolute atomic E-state index is 0.190. The molecule has 0 aromatic heterocycles. The third-order valence-electron chi connectivity index (χ3n) is 3.69. The van der Waals surface area contributed by atoms with Crippen molar-refractivity contribution < 1.29 is 42.2 Å². The van der Waals surface area contributed by atoms with Gasteiger partial charge in [-0.3, -0.25) is 9.59 Å². The lowest BCUT2D eigenvalue weighted by atomic mass is 10.1. The molecule has 0 fully saturated rings. The Kier molecular flexibility index (Phi) is 10.5. The number of aliphatic carboxylic acids is 1. The number of carboxylic acids is 1. The van der Waals surface area contributed by atoms with Crippen LogP contribution in [0.1, 0.15) is 12.5 Å². The van der Waals surface area contributed by atoms with Gasteiger partial charge in [-0.1, -0.05) is 30.3 Å². The van der Waals surface area contributed by atoms with Crippen LogP contribution in [-0.2, 0) is 25.6 Å². The van der Waals surface area contributed by atoms with E-state index in [2.05, 4.69) is 10.6 Å². The third kappa shape index (κ3) is 11.3. The number of halogens is 3. The second-order valence-corrected chi connectivity index (χ2v) is 6.50. The molecule has 0 aliphatic carbocycles. The summed E-state index contributed by atoms with van der Waals surface area (Å²) in [4.78, 5) is 43.6. The molecule has 1 atom stereocenters. The number of carbonyl (C=O) groups excluding carboxylic acids is 3. The van der Waals surface area contributed by atoms with E-state index in [1.807, 2.05) is 30.3 Å². The third-order valence-corrected chi connectivity index (χ3v) is 3.69. The average molecular weight is 469 g/mol. The fourth-order valence-electron chi connectivity index (χ4n) is 2.23. The normalized spacial score (nSPS) is 11.3. The molecule has 0 aliphatic heterocycles. The lowest BCUT2D eigenvalue weighted by Crippen LogP contribution is -2.44. The van der Waals surface area contributed by atoms with Gasteiger partial charge in [0.25, 0.3) is 0 Å². The number of nitrogens with two attached hydrogens (primary N) is 1. The van der Waals surface area contributed by atoms with Gasteiger partial charge in [-0.15, -0.1) is 0 Å². The van der Waals surface area contributed by atoms with E-state index in [1.54, 1.807) is 24.3 Å². The van der Waals surface area contributed by atoms with E-state index < -0.39 is 30.1 Å². The molecule has 33 heavy (non-hydrogen) atoms. The first-order chi connectivity index (χ1) is 15.4. The molecule has 12 heteroatoms. The summed E-state index contributed by atoms with van der Waals surface area (Å²) in [6.45, 7) is 1.12. The molecule has 5 N–H and O–H groups in total. The standard InChI is InChI=1S/C19H21N3O4.C2HF3O2/c1-13(23)22-15-7-9-16(10-8-15)26-18(24)12-21-19(25)17(20)11-14-5-3-2-4-6-14;3-2(4,5)1(6)7/h2-10,17H,11-12,20H2,1H3,(H,21,25)(H,22,23);(H,6,7)/t17-;/m0./s1. The predicted octanol–water partition coefficient (Wildman–Crippen LogP) is 1.87. The van der Waals surface area contributed by atoms with E-state index in [9.17, 15) is 27.6 Å². The van der Waals surface area contributed by atoms with Gasteiger partial charge < -0.3 is 26.2 Å². The summed E-state index contributed by atoms with van der Waals surface area (Å²) in [7, 11) is 0. The minimum atomic E-state index is -5.08. The molecule has 2 aromatic carbocycles. The quantitative estimate of drug-likeness (QED) is 0.357. The zero-order valence-corrected chi connectivity index (χ0v) is 17.4. The van der Waals surface area contributed by atoms with Crippen molar-refractivity contribution in [2.75, 3.05) is 11.9 Å². The molecule has 0 spiro atoms. The Morgan fingerprint density at radius 1 is 1.03 bits per heavy atom. The Morgan fingerprint density at radius 2 is 1.58 bits per heavy atom. The molecule has 0 unspecified atom stereocenters. The van der Waals surface area contributed by atoms with Crippen LogP contribution in [0, 0.1) is 0 Å². The van der Waals surface area contributed by atoms with Crippen molar-refractivity contribution in [1.29, 1.82) is 0 Å². The maximum Gasteiger partial charge on any atom is 0.490 e. The molecule has 0 saturated heterocycles. The summed E-state index contributed by atoms with van der Waals surface area (Å²) in [6, 6.07) is 15.0. The molecule has 0 aliphatic rings. The summed E-state index contributed by atoms with van der Waals surface area (Å²) in [6.07, 6.45) is -4.70. The van der Waals surface area contributed by atoms with Gasteiger partial charge in [0.2, 0.25) is 11.8 Å². The average Bonchev–Trinajstić information content (AvgIpc) is 2.73. The molecule has 0 radical (unpaired) electrons. The van der Waals surface area contributed by atoms with Gasteiger partial charge in [0.05, 0.1) is 6.04 Å². The van der Waals surface area contributed by atoms with Crippen LogP contribution in [0.4, 0.5) is 18.9 Å². The van der Waals surface area contributed by atoms with Crippen LogP contribution in [0.3, 0.4) is 0 Å². The van der Waals surface area contributed by atoms with E-state index in [0.717, 1.165) is 5.56 Å². The molecule has 178 valence electrons. The number of carbonyl (C=O) groups is 4. The van der Waals surface area contributed by atoms with E-state index in [0.29, 0.717) is 17.9 Å². The van der Waals surface area contributed by atoms with Gasteiger partial charge >= 0.3 is 18.1 Å². The highest BCUT2D eigenvalue weighted by molar-refractivity contribution is 5.89. The van der Waals surface area contributed by atoms with Crippen molar-refractivity contribution in [3.63, 3.8) is 0 Å². The van der Waals surface area contributed by atoms with Gasteiger partial charge in [-0.25, -0.2) is 9.59 Å². The zero-order chi connectivity index (χ0) is 25.0. The van der Waals surface area contributed by atoms with Crippen molar-refractivity contribution in [2.45, 2.75) is 25.6 Å². The van der Waals surface area contributed by atoms with Gasteiger partial charge in [0.1, 0.15) is 12.3 Å². The van der Waals surface area contributed by atoms with Crippen LogP contribution in [0.5, 0.6) is 5.75 Å². The van der Waals surface area contributed by atoms with Crippen molar-refractivity contribution in [1.82, 2.24) is 5.32 Å². The fraction of sp³-hybridized carbons (Fsp3) is 0.238. The van der Waals surface area contributed by atoms with E-state index in [4.69, 9.17) is 20.4 Å². The van der Waals surface area contributed by atoms with Crippen LogP contribution in [-0.4, -0.2) is 47.6 Å². The maximum absolute atomic E-state index is 12.0. The summed E-state index contributed by atoms with van der Waals surface area (Å²) in [5, 5.41) is 12.2. The summed E-state index contributed by atoms with van der Waals surface area (Å²) in [5.41, 5.74) is 7.38. The minimum Gasteiger partial charge on any atom is -0.475 e. The number of amides is 2. The first kappa shape index (κ1) is 27.1. The molecular formula is C21H22F3N3O6. The number of rotatable bonds is 7. The number of ether oxygens (including phenoxy) is 1. The Bertz CT molecular complexity index is 950. The molecule has 0 bridgehead atoms. The highest BCUT2D eigenvalue weighted by Crippen LogP contribution is 2.15. The van der Waals surface area contributed by atoms with Gasteiger partial charge in [-0.05, 0) is 36.2 Å². The van der Waals surface area contributed by atoms with Crippen molar-refractivity contribution in [3.8, 4) is 5.75 Å². The smallest absolute Gasteiger partial charge is 0.475 e. The topological polar surface area (TPSA) is 148 Å². The molecule has 0 saturated carbocycles. The number of anilines is 1. The van der Waals surface area contributed by atoms with Crippen LogP contribution >= 0.6 is 0 Å². The Hall–Kier alpha value is -3.93. The fourth-order valence-corrected chi connectivity index (χ4v) is 2.23. The van der Waals surface area contributed by atoms with Crippen molar-refractivity contribution in [3.05, 3.63) is 60.2 Å².